The maximum atomic E-state index is 4.61. The summed E-state index contributed by atoms with van der Waals surface area (Å²) in [4.78, 5) is 12.0. The van der Waals surface area contributed by atoms with Crippen LogP contribution in [-0.4, -0.2) is 28.0 Å². The average molecular weight is 202 g/mol. The largest absolute Gasteiger partial charge is 0.340 e. The van der Waals surface area contributed by atoms with Crippen molar-refractivity contribution in [1.82, 2.24) is 20.3 Å². The van der Waals surface area contributed by atoms with Crippen LogP contribution in [0.3, 0.4) is 0 Å². The first-order chi connectivity index (χ1) is 7.34. The molecular weight excluding hydrogens is 188 g/mol. The Hall–Kier alpha value is -1.42. The van der Waals surface area contributed by atoms with Crippen molar-refractivity contribution >= 4 is 11.0 Å². The number of fused-ring (bicyclic) bond motifs is 1. The zero-order valence-corrected chi connectivity index (χ0v) is 8.70. The van der Waals surface area contributed by atoms with E-state index in [4.69, 9.17) is 0 Å². The molecule has 0 bridgehead atoms. The van der Waals surface area contributed by atoms with E-state index in [0.717, 1.165) is 29.9 Å². The number of pyridine rings is 1. The van der Waals surface area contributed by atoms with Gasteiger partial charge in [-0.1, -0.05) is 6.92 Å². The molecule has 2 N–H and O–H groups in total. The van der Waals surface area contributed by atoms with Crippen molar-refractivity contribution in [2.45, 2.75) is 12.8 Å². The molecule has 0 spiro atoms. The molecule has 2 atom stereocenters. The first-order valence-electron chi connectivity index (χ1n) is 5.35. The minimum Gasteiger partial charge on any atom is -0.340 e. The fourth-order valence-corrected chi connectivity index (χ4v) is 2.23. The van der Waals surface area contributed by atoms with Crippen LogP contribution in [0.1, 0.15) is 18.7 Å². The Labute approximate surface area is 88.1 Å². The fourth-order valence-electron chi connectivity index (χ4n) is 2.23. The van der Waals surface area contributed by atoms with Gasteiger partial charge >= 0.3 is 0 Å². The van der Waals surface area contributed by atoms with E-state index in [1.807, 2.05) is 12.3 Å². The Morgan fingerprint density at radius 1 is 1.40 bits per heavy atom. The summed E-state index contributed by atoms with van der Waals surface area (Å²) in [6.07, 6.45) is 3.61. The number of hydrogen-bond acceptors (Lipinski definition) is 3. The summed E-state index contributed by atoms with van der Waals surface area (Å²) in [5.74, 6) is 2.26. The second kappa shape index (κ2) is 3.31. The monoisotopic (exact) mass is 202 g/mol. The number of aromatic nitrogens is 3. The molecule has 15 heavy (non-hydrogen) atoms. The molecule has 1 aliphatic rings. The number of aromatic amines is 1. The van der Waals surface area contributed by atoms with Crippen LogP contribution < -0.4 is 5.32 Å². The van der Waals surface area contributed by atoms with Gasteiger partial charge in [0.1, 0.15) is 5.82 Å². The zero-order valence-electron chi connectivity index (χ0n) is 8.70. The van der Waals surface area contributed by atoms with Crippen molar-refractivity contribution in [1.29, 1.82) is 0 Å². The predicted octanol–water partition coefficient (Wildman–Crippen LogP) is 1.28. The molecule has 4 heteroatoms. The van der Waals surface area contributed by atoms with Gasteiger partial charge in [0.05, 0.1) is 17.2 Å². The van der Waals surface area contributed by atoms with Crippen LogP contribution in [0.15, 0.2) is 18.5 Å². The number of nitrogens with zero attached hydrogens (tertiary/aromatic N) is 2. The van der Waals surface area contributed by atoms with Crippen LogP contribution in [0.25, 0.3) is 11.0 Å². The van der Waals surface area contributed by atoms with E-state index in [1.54, 1.807) is 6.20 Å². The number of rotatable bonds is 1. The maximum absolute atomic E-state index is 4.61. The van der Waals surface area contributed by atoms with Gasteiger partial charge in [0.15, 0.2) is 0 Å². The van der Waals surface area contributed by atoms with Gasteiger partial charge in [-0.15, -0.1) is 0 Å². The lowest BCUT2D eigenvalue weighted by molar-refractivity contribution is 0.551. The molecule has 0 aliphatic carbocycles. The molecule has 0 radical (unpaired) electrons. The molecule has 1 saturated heterocycles. The minimum atomic E-state index is 0.511. The van der Waals surface area contributed by atoms with Crippen LogP contribution in [0.5, 0.6) is 0 Å². The third-order valence-electron chi connectivity index (χ3n) is 3.17. The minimum absolute atomic E-state index is 0.511. The van der Waals surface area contributed by atoms with Crippen molar-refractivity contribution in [3.8, 4) is 0 Å². The topological polar surface area (TPSA) is 53.6 Å². The quantitative estimate of drug-likeness (QED) is 0.732. The Kier molecular flexibility index (Phi) is 1.95. The summed E-state index contributed by atoms with van der Waals surface area (Å²) in [6, 6.07) is 1.95. The Bertz CT molecular complexity index is 443. The highest BCUT2D eigenvalue weighted by molar-refractivity contribution is 5.73. The molecule has 2 aromatic heterocycles. The third kappa shape index (κ3) is 1.41. The second-order valence-electron chi connectivity index (χ2n) is 4.26. The Morgan fingerprint density at radius 3 is 3.07 bits per heavy atom. The highest BCUT2D eigenvalue weighted by atomic mass is 15.0. The van der Waals surface area contributed by atoms with Crippen molar-refractivity contribution in [2.24, 2.45) is 5.92 Å². The summed E-state index contributed by atoms with van der Waals surface area (Å²) in [5, 5.41) is 3.39. The standard InChI is InChI=1S/C11H14N4/c1-7-4-13-5-8(7)11-14-9-2-3-12-6-10(9)15-11/h2-3,6-8,13H,4-5H2,1H3,(H,14,15). The summed E-state index contributed by atoms with van der Waals surface area (Å²) >= 11 is 0. The lowest BCUT2D eigenvalue weighted by atomic mass is 9.98. The van der Waals surface area contributed by atoms with Gasteiger partial charge in [-0.05, 0) is 18.5 Å². The average Bonchev–Trinajstić information content (AvgIpc) is 2.82. The number of H-pyrrole nitrogens is 1. The Balaban J connectivity index is 2.04. The first-order valence-corrected chi connectivity index (χ1v) is 5.35. The lowest BCUT2D eigenvalue weighted by Crippen LogP contribution is -2.09. The van der Waals surface area contributed by atoms with Gasteiger partial charge in [-0.3, -0.25) is 4.98 Å². The number of hydrogen-bond donors (Lipinski definition) is 2. The van der Waals surface area contributed by atoms with E-state index >= 15 is 0 Å². The highest BCUT2D eigenvalue weighted by Crippen LogP contribution is 2.26. The highest BCUT2D eigenvalue weighted by Gasteiger charge is 2.27. The van der Waals surface area contributed by atoms with E-state index in [1.165, 1.54) is 0 Å². The van der Waals surface area contributed by atoms with Crippen molar-refractivity contribution in [2.75, 3.05) is 13.1 Å². The summed E-state index contributed by atoms with van der Waals surface area (Å²) in [7, 11) is 0. The van der Waals surface area contributed by atoms with Crippen LogP contribution in [0, 0.1) is 5.92 Å². The second-order valence-corrected chi connectivity index (χ2v) is 4.26. The summed E-state index contributed by atoms with van der Waals surface area (Å²) in [6.45, 7) is 4.37. The van der Waals surface area contributed by atoms with Crippen molar-refractivity contribution < 1.29 is 0 Å². The number of imidazole rings is 1. The van der Waals surface area contributed by atoms with Gasteiger partial charge in [-0.25, -0.2) is 4.98 Å². The smallest absolute Gasteiger partial charge is 0.112 e. The van der Waals surface area contributed by atoms with E-state index < -0.39 is 0 Å². The molecule has 1 fully saturated rings. The number of nitrogens with one attached hydrogen (secondary N) is 2. The van der Waals surface area contributed by atoms with Gasteiger partial charge < -0.3 is 10.3 Å². The first kappa shape index (κ1) is 8.85. The van der Waals surface area contributed by atoms with Crippen LogP contribution in [0.2, 0.25) is 0 Å². The zero-order chi connectivity index (χ0) is 10.3. The summed E-state index contributed by atoms with van der Waals surface area (Å²) in [5.41, 5.74) is 2.05. The van der Waals surface area contributed by atoms with E-state index in [2.05, 4.69) is 27.2 Å². The summed E-state index contributed by atoms with van der Waals surface area (Å²) < 4.78 is 0. The molecule has 78 valence electrons. The maximum Gasteiger partial charge on any atom is 0.112 e. The SMILES string of the molecule is CC1CNCC1c1nc2ccncc2[nH]1. The molecule has 0 aromatic carbocycles. The van der Waals surface area contributed by atoms with E-state index in [-0.39, 0.29) is 0 Å². The van der Waals surface area contributed by atoms with Gasteiger partial charge in [-0.2, -0.15) is 0 Å². The third-order valence-corrected chi connectivity index (χ3v) is 3.17. The molecule has 2 unspecified atom stereocenters. The van der Waals surface area contributed by atoms with Gasteiger partial charge in [0.25, 0.3) is 0 Å². The van der Waals surface area contributed by atoms with Crippen molar-refractivity contribution in [3.05, 3.63) is 24.3 Å². The van der Waals surface area contributed by atoms with Gasteiger partial charge in [0, 0.05) is 18.7 Å². The van der Waals surface area contributed by atoms with Crippen LogP contribution in [-0.2, 0) is 0 Å². The molecule has 4 nitrogen and oxygen atoms in total. The molecule has 1 aliphatic heterocycles. The molecule has 3 heterocycles. The fraction of sp³-hybridized carbons (Fsp3) is 0.455. The van der Waals surface area contributed by atoms with Gasteiger partial charge in [0.2, 0.25) is 0 Å². The van der Waals surface area contributed by atoms with Crippen LogP contribution in [0.4, 0.5) is 0 Å². The van der Waals surface area contributed by atoms with Crippen LogP contribution >= 0.6 is 0 Å². The molecule has 0 saturated carbocycles. The normalized spacial score (nSPS) is 26.2. The lowest BCUT2D eigenvalue weighted by Gasteiger charge is -2.09. The Morgan fingerprint density at radius 2 is 2.33 bits per heavy atom. The van der Waals surface area contributed by atoms with E-state index in [0.29, 0.717) is 11.8 Å². The predicted molar refractivity (Wildman–Crippen MR) is 58.7 cm³/mol. The molecule has 3 rings (SSSR count). The van der Waals surface area contributed by atoms with E-state index in [9.17, 15) is 0 Å². The molecular formula is C11H14N4. The molecule has 0 amide bonds. The van der Waals surface area contributed by atoms with Crippen molar-refractivity contribution in [3.63, 3.8) is 0 Å². The molecule has 2 aromatic rings.